The van der Waals surface area contributed by atoms with Gasteiger partial charge in [0, 0.05) is 6.42 Å². The molecule has 1 saturated carbocycles. The molecule has 3 aromatic carbocycles. The molecule has 0 aliphatic heterocycles. The monoisotopic (exact) mass is 620 g/mol. The lowest BCUT2D eigenvalue weighted by Gasteiger charge is -2.41. The molecule has 4 rings (SSSR count). The highest BCUT2D eigenvalue weighted by Crippen LogP contribution is 2.39. The van der Waals surface area contributed by atoms with Gasteiger partial charge in [-0.25, -0.2) is 14.4 Å². The van der Waals surface area contributed by atoms with E-state index in [4.69, 9.17) is 14.2 Å². The van der Waals surface area contributed by atoms with Gasteiger partial charge in [0.05, 0.1) is 16.7 Å². The Balaban J connectivity index is 1.64. The quantitative estimate of drug-likeness (QED) is 0.0991. The van der Waals surface area contributed by atoms with E-state index in [1.165, 1.54) is 0 Å². The number of hydrogen-bond donors (Lipinski definition) is 11. The Morgan fingerprint density at radius 2 is 0.727 bits per heavy atom. The Labute approximate surface area is 244 Å². The Morgan fingerprint density at radius 3 is 1.00 bits per heavy atom. The Kier molecular flexibility index (Phi) is 8.36. The number of phenols is 9. The first-order valence-electron chi connectivity index (χ1n) is 12.3. The highest BCUT2D eigenvalue weighted by molar-refractivity contribution is 5.92. The van der Waals surface area contributed by atoms with Crippen LogP contribution in [-0.2, 0) is 14.2 Å². The van der Waals surface area contributed by atoms with Crippen LogP contribution in [0.2, 0.25) is 0 Å². The average Bonchev–Trinajstić information content (AvgIpc) is 2.96. The van der Waals surface area contributed by atoms with Crippen LogP contribution in [0.1, 0.15) is 37.5 Å². The van der Waals surface area contributed by atoms with Crippen LogP contribution in [0.3, 0.4) is 0 Å². The molecule has 11 N–H and O–H groups in total. The number of aromatic hydroxyl groups is 9. The summed E-state index contributed by atoms with van der Waals surface area (Å²) in [5, 5.41) is 109. The van der Waals surface area contributed by atoms with Crippen molar-refractivity contribution in [1.29, 1.82) is 0 Å². The minimum absolute atomic E-state index is 0.525. The molecule has 0 bridgehead atoms. The summed E-state index contributed by atoms with van der Waals surface area (Å²) in [5.41, 5.74) is -1.62. The SMILES string of the molecule is O=C(OC1CC(OC(=O)c2cc(O)c(O)c(O)c2)C(O)C(OC(=O)c2cc(O)c(O)c(O)c2)C1O)c1cc(O)c(O)c(O)c1. The molecule has 44 heavy (non-hydrogen) atoms. The van der Waals surface area contributed by atoms with E-state index in [0.29, 0.717) is 36.4 Å². The van der Waals surface area contributed by atoms with Crippen molar-refractivity contribution in [2.24, 2.45) is 0 Å². The highest BCUT2D eigenvalue weighted by atomic mass is 16.6. The number of aliphatic hydroxyl groups excluding tert-OH is 2. The van der Waals surface area contributed by atoms with Crippen molar-refractivity contribution in [3.05, 3.63) is 53.1 Å². The van der Waals surface area contributed by atoms with Crippen LogP contribution in [0.15, 0.2) is 36.4 Å². The third-order valence-corrected chi connectivity index (χ3v) is 6.58. The van der Waals surface area contributed by atoms with E-state index >= 15 is 0 Å². The second kappa shape index (κ2) is 11.8. The zero-order chi connectivity index (χ0) is 32.6. The molecular formula is C27H24O17. The molecule has 3 aromatic rings. The molecular weight excluding hydrogens is 596 g/mol. The number of phenolic OH excluding ortho intramolecular Hbond substituents is 9. The Hall–Kier alpha value is -5.81. The summed E-state index contributed by atoms with van der Waals surface area (Å²) >= 11 is 0. The molecule has 0 aromatic heterocycles. The smallest absolute Gasteiger partial charge is 0.338 e. The maximum atomic E-state index is 12.8. The first-order chi connectivity index (χ1) is 20.6. The molecule has 0 amide bonds. The van der Waals surface area contributed by atoms with Crippen LogP contribution in [-0.4, -0.2) is 105 Å². The van der Waals surface area contributed by atoms with Crippen LogP contribution in [0, 0.1) is 0 Å². The number of carbonyl (C=O) groups is 3. The van der Waals surface area contributed by atoms with Gasteiger partial charge in [0.25, 0.3) is 0 Å². The van der Waals surface area contributed by atoms with Crippen LogP contribution in [0.25, 0.3) is 0 Å². The molecule has 1 aliphatic carbocycles. The van der Waals surface area contributed by atoms with Gasteiger partial charge in [-0.05, 0) is 36.4 Å². The fourth-order valence-electron chi connectivity index (χ4n) is 4.28. The molecule has 0 spiro atoms. The van der Waals surface area contributed by atoms with Crippen molar-refractivity contribution in [2.45, 2.75) is 36.9 Å². The molecule has 1 aliphatic rings. The first-order valence-corrected chi connectivity index (χ1v) is 12.3. The number of esters is 3. The Morgan fingerprint density at radius 1 is 0.477 bits per heavy atom. The van der Waals surface area contributed by atoms with Gasteiger partial charge in [-0.1, -0.05) is 0 Å². The molecule has 0 saturated heterocycles. The molecule has 234 valence electrons. The average molecular weight is 620 g/mol. The maximum Gasteiger partial charge on any atom is 0.338 e. The van der Waals surface area contributed by atoms with Crippen molar-refractivity contribution in [2.75, 3.05) is 0 Å². The molecule has 17 nitrogen and oxygen atoms in total. The third-order valence-electron chi connectivity index (χ3n) is 6.58. The van der Waals surface area contributed by atoms with E-state index in [-0.39, 0.29) is 0 Å². The summed E-state index contributed by atoms with van der Waals surface area (Å²) in [5.74, 6) is -12.4. The molecule has 0 heterocycles. The standard InChI is InChI=1S/C27H24O17/c28-11-1-8(2-12(29)19(11)34)25(39)42-17-7-18(43-26(40)9-3-13(30)20(35)14(31)4-9)23(38)24(22(17)37)44-27(41)10-5-15(32)21(36)16(33)6-10/h1-6,17-18,22-24,28-38H,7H2. The summed E-state index contributed by atoms with van der Waals surface area (Å²) in [6.07, 6.45) is -10.3. The van der Waals surface area contributed by atoms with E-state index in [9.17, 15) is 70.6 Å². The summed E-state index contributed by atoms with van der Waals surface area (Å²) in [6.45, 7) is 0. The first kappa shape index (κ1) is 31.1. The number of ether oxygens (including phenoxy) is 3. The highest BCUT2D eigenvalue weighted by Gasteiger charge is 2.49. The van der Waals surface area contributed by atoms with Gasteiger partial charge in [-0.2, -0.15) is 0 Å². The topological polar surface area (TPSA) is 301 Å². The van der Waals surface area contributed by atoms with Gasteiger partial charge in [-0.3, -0.25) is 0 Å². The number of benzene rings is 3. The van der Waals surface area contributed by atoms with Crippen molar-refractivity contribution < 1.29 is 84.8 Å². The molecule has 0 radical (unpaired) electrons. The zero-order valence-corrected chi connectivity index (χ0v) is 21.9. The van der Waals surface area contributed by atoms with Crippen LogP contribution in [0.4, 0.5) is 0 Å². The van der Waals surface area contributed by atoms with Crippen LogP contribution in [0.5, 0.6) is 51.7 Å². The lowest BCUT2D eigenvalue weighted by molar-refractivity contribution is -0.179. The minimum Gasteiger partial charge on any atom is -0.504 e. The van der Waals surface area contributed by atoms with Crippen LogP contribution >= 0.6 is 0 Å². The summed E-state index contributed by atoms with van der Waals surface area (Å²) in [6, 6.07) is 4.21. The van der Waals surface area contributed by atoms with Crippen molar-refractivity contribution in [3.8, 4) is 51.7 Å². The van der Waals surface area contributed by atoms with Gasteiger partial charge in [0.15, 0.2) is 57.8 Å². The van der Waals surface area contributed by atoms with Crippen LogP contribution < -0.4 is 0 Å². The largest absolute Gasteiger partial charge is 0.504 e. The Bertz CT molecular complexity index is 1480. The molecule has 4 unspecified atom stereocenters. The van der Waals surface area contributed by atoms with E-state index in [1.807, 2.05) is 0 Å². The summed E-state index contributed by atoms with van der Waals surface area (Å²) in [7, 11) is 0. The van der Waals surface area contributed by atoms with Gasteiger partial charge in [-0.15, -0.1) is 0 Å². The second-order valence-corrected chi connectivity index (χ2v) is 9.56. The third kappa shape index (κ3) is 6.03. The number of aliphatic hydroxyl groups is 2. The number of hydrogen-bond acceptors (Lipinski definition) is 17. The lowest BCUT2D eigenvalue weighted by Crippen LogP contribution is -2.59. The van der Waals surface area contributed by atoms with Gasteiger partial charge < -0.3 is 70.4 Å². The summed E-state index contributed by atoms with van der Waals surface area (Å²) < 4.78 is 15.6. The van der Waals surface area contributed by atoms with Crippen molar-refractivity contribution >= 4 is 17.9 Å². The van der Waals surface area contributed by atoms with E-state index < -0.39 is 123 Å². The zero-order valence-electron chi connectivity index (χ0n) is 21.9. The number of carbonyl (C=O) groups excluding carboxylic acids is 3. The van der Waals surface area contributed by atoms with Crippen molar-refractivity contribution in [1.82, 2.24) is 0 Å². The van der Waals surface area contributed by atoms with E-state index in [0.717, 1.165) is 0 Å². The predicted octanol–water partition coefficient (Wildman–Crippen LogP) is 0.139. The van der Waals surface area contributed by atoms with E-state index in [2.05, 4.69) is 0 Å². The summed E-state index contributed by atoms with van der Waals surface area (Å²) in [4.78, 5) is 38.4. The van der Waals surface area contributed by atoms with E-state index in [1.54, 1.807) is 0 Å². The van der Waals surface area contributed by atoms with Gasteiger partial charge in [0.2, 0.25) is 0 Å². The number of rotatable bonds is 6. The fourth-order valence-corrected chi connectivity index (χ4v) is 4.28. The second-order valence-electron chi connectivity index (χ2n) is 9.56. The maximum absolute atomic E-state index is 12.8. The molecule has 17 heteroatoms. The normalized spacial score (nSPS) is 21.3. The lowest BCUT2D eigenvalue weighted by atomic mass is 9.86. The molecule has 1 fully saturated rings. The van der Waals surface area contributed by atoms with Gasteiger partial charge in [0.1, 0.15) is 24.4 Å². The molecule has 4 atom stereocenters. The van der Waals surface area contributed by atoms with Crippen molar-refractivity contribution in [3.63, 3.8) is 0 Å². The van der Waals surface area contributed by atoms with Gasteiger partial charge >= 0.3 is 17.9 Å². The minimum atomic E-state index is -2.05. The predicted molar refractivity (Wildman–Crippen MR) is 139 cm³/mol. The fraction of sp³-hybridized carbons (Fsp3) is 0.222.